The van der Waals surface area contributed by atoms with E-state index in [-0.39, 0.29) is 17.0 Å². The van der Waals surface area contributed by atoms with E-state index in [1.165, 1.54) is 6.20 Å². The van der Waals surface area contributed by atoms with Crippen molar-refractivity contribution in [2.45, 2.75) is 19.5 Å². The van der Waals surface area contributed by atoms with E-state index in [9.17, 15) is 23.5 Å². The topological polar surface area (TPSA) is 65.8 Å². The number of alkyl halides is 1. The number of aromatic carboxylic acids is 1. The van der Waals surface area contributed by atoms with Crippen molar-refractivity contribution in [1.82, 2.24) is 9.47 Å². The van der Waals surface area contributed by atoms with E-state index in [2.05, 4.69) is 0 Å². The van der Waals surface area contributed by atoms with Gasteiger partial charge in [0.25, 0.3) is 0 Å². The Morgan fingerprint density at radius 1 is 1.35 bits per heavy atom. The smallest absolute Gasteiger partial charge is 0.341 e. The third-order valence-corrected chi connectivity index (χ3v) is 5.02. The monoisotopic (exact) mass is 365 g/mol. The molecule has 1 N–H and O–H groups in total. The Balaban J connectivity index is 2.15. The SMILES string of the molecule is CCn1cc(C(=O)O)c(=O)c2cc(F)c(N3CCN(C)C(CF)C3)cc21. The van der Waals surface area contributed by atoms with E-state index in [1.807, 2.05) is 18.9 Å². The summed E-state index contributed by atoms with van der Waals surface area (Å²) < 4.78 is 29.6. The molecule has 0 radical (unpaired) electrons. The molecule has 140 valence electrons. The van der Waals surface area contributed by atoms with E-state index >= 15 is 0 Å². The van der Waals surface area contributed by atoms with Gasteiger partial charge in [-0.25, -0.2) is 13.6 Å². The van der Waals surface area contributed by atoms with Crippen molar-refractivity contribution in [2.75, 3.05) is 38.3 Å². The van der Waals surface area contributed by atoms with E-state index in [0.717, 1.165) is 6.07 Å². The second-order valence-electron chi connectivity index (χ2n) is 6.52. The van der Waals surface area contributed by atoms with Crippen molar-refractivity contribution < 1.29 is 18.7 Å². The number of halogens is 2. The summed E-state index contributed by atoms with van der Waals surface area (Å²) in [6, 6.07) is 2.33. The lowest BCUT2D eigenvalue weighted by Crippen LogP contribution is -2.52. The molecule has 1 aromatic carbocycles. The maximum Gasteiger partial charge on any atom is 0.341 e. The summed E-state index contributed by atoms with van der Waals surface area (Å²) in [5.41, 5.74) is -0.324. The van der Waals surface area contributed by atoms with Crippen LogP contribution in [0.3, 0.4) is 0 Å². The van der Waals surface area contributed by atoms with Crippen LogP contribution in [0.4, 0.5) is 14.5 Å². The molecular formula is C18H21F2N3O3. The highest BCUT2D eigenvalue weighted by Gasteiger charge is 2.27. The van der Waals surface area contributed by atoms with Crippen LogP contribution >= 0.6 is 0 Å². The highest BCUT2D eigenvalue weighted by atomic mass is 19.1. The van der Waals surface area contributed by atoms with Gasteiger partial charge in [0.15, 0.2) is 0 Å². The number of fused-ring (bicyclic) bond motifs is 1. The number of rotatable bonds is 4. The minimum absolute atomic E-state index is 0.0316. The van der Waals surface area contributed by atoms with E-state index in [4.69, 9.17) is 0 Å². The number of piperazine rings is 1. The van der Waals surface area contributed by atoms with Gasteiger partial charge in [-0.1, -0.05) is 0 Å². The van der Waals surface area contributed by atoms with E-state index in [0.29, 0.717) is 37.4 Å². The fourth-order valence-corrected chi connectivity index (χ4v) is 3.39. The molecule has 8 heteroatoms. The second-order valence-corrected chi connectivity index (χ2v) is 6.52. The molecular weight excluding hydrogens is 344 g/mol. The average Bonchev–Trinajstić information content (AvgIpc) is 2.62. The summed E-state index contributed by atoms with van der Waals surface area (Å²) >= 11 is 0. The lowest BCUT2D eigenvalue weighted by atomic mass is 10.1. The predicted molar refractivity (Wildman–Crippen MR) is 95.4 cm³/mol. The fraction of sp³-hybridized carbons (Fsp3) is 0.444. The highest BCUT2D eigenvalue weighted by molar-refractivity contribution is 5.93. The summed E-state index contributed by atoms with van der Waals surface area (Å²) in [4.78, 5) is 27.3. The molecule has 1 aromatic heterocycles. The van der Waals surface area contributed by atoms with Crippen LogP contribution in [0.1, 0.15) is 17.3 Å². The van der Waals surface area contributed by atoms with Crippen LogP contribution in [0.25, 0.3) is 10.9 Å². The largest absolute Gasteiger partial charge is 0.477 e. The van der Waals surface area contributed by atoms with Gasteiger partial charge in [0, 0.05) is 37.8 Å². The van der Waals surface area contributed by atoms with Crippen molar-refractivity contribution in [3.8, 4) is 0 Å². The zero-order chi connectivity index (χ0) is 19.0. The van der Waals surface area contributed by atoms with Gasteiger partial charge in [0.05, 0.1) is 17.2 Å². The van der Waals surface area contributed by atoms with E-state index < -0.39 is 23.9 Å². The highest BCUT2D eigenvalue weighted by Crippen LogP contribution is 2.27. The Kier molecular flexibility index (Phi) is 4.95. The van der Waals surface area contributed by atoms with Gasteiger partial charge < -0.3 is 14.6 Å². The van der Waals surface area contributed by atoms with Crippen molar-refractivity contribution in [3.05, 3.63) is 39.9 Å². The summed E-state index contributed by atoms with van der Waals surface area (Å²) in [6.07, 6.45) is 1.28. The fourth-order valence-electron chi connectivity index (χ4n) is 3.39. The van der Waals surface area contributed by atoms with Crippen molar-refractivity contribution in [3.63, 3.8) is 0 Å². The van der Waals surface area contributed by atoms with Gasteiger partial charge >= 0.3 is 5.97 Å². The first-order valence-electron chi connectivity index (χ1n) is 8.48. The maximum atomic E-state index is 14.7. The number of likely N-dealkylation sites (N-methyl/N-ethyl adjacent to an activating group) is 1. The first-order chi connectivity index (χ1) is 12.4. The molecule has 1 fully saturated rings. The van der Waals surface area contributed by atoms with Crippen molar-refractivity contribution in [2.24, 2.45) is 0 Å². The Morgan fingerprint density at radius 3 is 2.69 bits per heavy atom. The molecule has 6 nitrogen and oxygen atoms in total. The second kappa shape index (κ2) is 7.03. The van der Waals surface area contributed by atoms with E-state index in [1.54, 1.807) is 15.5 Å². The molecule has 0 bridgehead atoms. The van der Waals surface area contributed by atoms with Gasteiger partial charge in [0.1, 0.15) is 18.1 Å². The number of hydrogen-bond donors (Lipinski definition) is 1. The van der Waals surface area contributed by atoms with Gasteiger partial charge in [-0.3, -0.25) is 9.69 Å². The van der Waals surface area contributed by atoms with Gasteiger partial charge in [-0.05, 0) is 26.1 Å². The van der Waals surface area contributed by atoms with Crippen LogP contribution in [0.15, 0.2) is 23.1 Å². The molecule has 0 aliphatic carbocycles. The number of benzene rings is 1. The predicted octanol–water partition coefficient (Wildman–Crippen LogP) is 1.95. The zero-order valence-electron chi connectivity index (χ0n) is 14.7. The number of nitrogens with zero attached hydrogens (tertiary/aromatic N) is 3. The molecule has 1 unspecified atom stereocenters. The average molecular weight is 365 g/mol. The first kappa shape index (κ1) is 18.3. The summed E-state index contributed by atoms with van der Waals surface area (Å²) in [5.74, 6) is -1.95. The molecule has 2 aromatic rings. The number of pyridine rings is 1. The maximum absolute atomic E-state index is 14.7. The molecule has 1 saturated heterocycles. The first-order valence-corrected chi connectivity index (χ1v) is 8.48. The molecule has 3 rings (SSSR count). The Labute approximate surface area is 149 Å². The lowest BCUT2D eigenvalue weighted by molar-refractivity contribution is 0.0695. The van der Waals surface area contributed by atoms with Gasteiger partial charge in [0.2, 0.25) is 5.43 Å². The lowest BCUT2D eigenvalue weighted by Gasteiger charge is -2.39. The standard InChI is InChI=1S/C18H21F2N3O3/c1-3-22-10-13(18(25)26)17(24)12-6-14(20)16(7-15(12)22)23-5-4-21(2)11(8-19)9-23/h6-7,10-11H,3-5,8-9H2,1-2H3,(H,25,26). The Bertz CT molecular complexity index is 913. The number of carbonyl (C=O) groups is 1. The molecule has 1 aliphatic heterocycles. The van der Waals surface area contributed by atoms with Gasteiger partial charge in [-0.15, -0.1) is 0 Å². The van der Waals surface area contributed by atoms with Crippen LogP contribution in [-0.2, 0) is 6.54 Å². The minimum Gasteiger partial charge on any atom is -0.477 e. The number of carboxylic acids is 1. The Hall–Kier alpha value is -2.48. The molecule has 1 aliphatic rings. The number of hydrogen-bond acceptors (Lipinski definition) is 4. The number of carboxylic acid groups (broad SMARTS) is 1. The number of anilines is 1. The summed E-state index contributed by atoms with van der Waals surface area (Å²) in [5, 5.41) is 9.23. The zero-order valence-corrected chi connectivity index (χ0v) is 14.7. The Morgan fingerprint density at radius 2 is 2.08 bits per heavy atom. The van der Waals surface area contributed by atoms with Crippen LogP contribution in [0.2, 0.25) is 0 Å². The molecule has 0 spiro atoms. The van der Waals surface area contributed by atoms with Crippen LogP contribution in [0, 0.1) is 5.82 Å². The third kappa shape index (κ3) is 3.05. The molecule has 2 heterocycles. The van der Waals surface area contributed by atoms with Crippen LogP contribution in [-0.4, -0.2) is 59.9 Å². The van der Waals surface area contributed by atoms with Crippen LogP contribution < -0.4 is 10.3 Å². The number of aryl methyl sites for hydroxylation is 1. The molecule has 0 saturated carbocycles. The summed E-state index contributed by atoms with van der Waals surface area (Å²) in [7, 11) is 1.83. The van der Waals surface area contributed by atoms with Crippen LogP contribution in [0.5, 0.6) is 0 Å². The molecule has 1 atom stereocenters. The van der Waals surface area contributed by atoms with Crippen molar-refractivity contribution in [1.29, 1.82) is 0 Å². The summed E-state index contributed by atoms with van der Waals surface area (Å²) in [6.45, 7) is 3.21. The quantitative estimate of drug-likeness (QED) is 0.897. The van der Waals surface area contributed by atoms with Crippen molar-refractivity contribution >= 4 is 22.6 Å². The number of aromatic nitrogens is 1. The third-order valence-electron chi connectivity index (χ3n) is 5.02. The minimum atomic E-state index is -1.34. The molecule has 0 amide bonds. The molecule has 26 heavy (non-hydrogen) atoms. The van der Waals surface area contributed by atoms with Gasteiger partial charge in [-0.2, -0.15) is 0 Å². The normalized spacial score (nSPS) is 18.5.